The van der Waals surface area contributed by atoms with Gasteiger partial charge in [-0.05, 0) is 30.5 Å². The van der Waals surface area contributed by atoms with Gasteiger partial charge in [-0.15, -0.1) is 0 Å². The maximum absolute atomic E-state index is 11.3. The summed E-state index contributed by atoms with van der Waals surface area (Å²) in [6.07, 6.45) is 3.82. The molecule has 1 aromatic rings. The van der Waals surface area contributed by atoms with E-state index in [1.165, 1.54) is 11.6 Å². The van der Waals surface area contributed by atoms with Crippen molar-refractivity contribution in [2.75, 3.05) is 6.61 Å². The van der Waals surface area contributed by atoms with Gasteiger partial charge in [0.15, 0.2) is 0 Å². The Morgan fingerprint density at radius 1 is 1.18 bits per heavy atom. The summed E-state index contributed by atoms with van der Waals surface area (Å²) in [6, 6.07) is 7.81. The van der Waals surface area contributed by atoms with E-state index in [0.717, 1.165) is 12.0 Å². The third-order valence-electron chi connectivity index (χ3n) is 2.29. The normalized spacial score (nSPS) is 10.5. The SMILES string of the molecule is CCOC(=O)C(=O)/C=C/c1ccc(CC)cc1. The minimum atomic E-state index is -0.811. The summed E-state index contributed by atoms with van der Waals surface area (Å²) in [4.78, 5) is 22.3. The minimum absolute atomic E-state index is 0.212. The van der Waals surface area contributed by atoms with E-state index in [2.05, 4.69) is 11.7 Å². The Labute approximate surface area is 101 Å². The van der Waals surface area contributed by atoms with Gasteiger partial charge in [-0.1, -0.05) is 37.3 Å². The second kappa shape index (κ2) is 6.63. The van der Waals surface area contributed by atoms with Gasteiger partial charge in [-0.25, -0.2) is 4.79 Å². The molecule has 0 aliphatic heterocycles. The molecule has 90 valence electrons. The zero-order valence-corrected chi connectivity index (χ0v) is 10.1. The number of hydrogen-bond acceptors (Lipinski definition) is 3. The van der Waals surface area contributed by atoms with Crippen LogP contribution in [0.4, 0.5) is 0 Å². The topological polar surface area (TPSA) is 43.4 Å². The molecule has 0 unspecified atom stereocenters. The van der Waals surface area contributed by atoms with Crippen molar-refractivity contribution in [1.29, 1.82) is 0 Å². The van der Waals surface area contributed by atoms with Crippen LogP contribution in [0.25, 0.3) is 6.08 Å². The number of rotatable bonds is 5. The molecule has 0 spiro atoms. The highest BCUT2D eigenvalue weighted by Gasteiger charge is 2.09. The highest BCUT2D eigenvalue weighted by molar-refractivity contribution is 6.39. The van der Waals surface area contributed by atoms with Crippen molar-refractivity contribution in [3.05, 3.63) is 41.5 Å². The first-order chi connectivity index (χ1) is 8.17. The van der Waals surface area contributed by atoms with Crippen molar-refractivity contribution in [2.45, 2.75) is 20.3 Å². The smallest absolute Gasteiger partial charge is 0.379 e. The van der Waals surface area contributed by atoms with E-state index in [9.17, 15) is 9.59 Å². The van der Waals surface area contributed by atoms with E-state index in [4.69, 9.17) is 0 Å². The fourth-order valence-electron chi connectivity index (χ4n) is 1.31. The van der Waals surface area contributed by atoms with Gasteiger partial charge in [0.05, 0.1) is 6.61 Å². The largest absolute Gasteiger partial charge is 0.460 e. The van der Waals surface area contributed by atoms with Crippen LogP contribution in [0.5, 0.6) is 0 Å². The Kier molecular flexibility index (Phi) is 5.14. The molecule has 0 saturated heterocycles. The lowest BCUT2D eigenvalue weighted by molar-refractivity contribution is -0.151. The molecule has 0 saturated carbocycles. The van der Waals surface area contributed by atoms with Crippen molar-refractivity contribution in [2.24, 2.45) is 0 Å². The third-order valence-corrected chi connectivity index (χ3v) is 2.29. The van der Waals surface area contributed by atoms with Gasteiger partial charge in [-0.2, -0.15) is 0 Å². The molecule has 17 heavy (non-hydrogen) atoms. The van der Waals surface area contributed by atoms with Gasteiger partial charge in [0.1, 0.15) is 0 Å². The predicted molar refractivity (Wildman–Crippen MR) is 66.5 cm³/mol. The molecule has 0 aliphatic rings. The van der Waals surface area contributed by atoms with Crippen LogP contribution in [0.2, 0.25) is 0 Å². The fourth-order valence-corrected chi connectivity index (χ4v) is 1.31. The van der Waals surface area contributed by atoms with Crippen LogP contribution >= 0.6 is 0 Å². The third kappa shape index (κ3) is 4.23. The molecular weight excluding hydrogens is 216 g/mol. The molecule has 0 atom stereocenters. The van der Waals surface area contributed by atoms with Gasteiger partial charge in [-0.3, -0.25) is 4.79 Å². The van der Waals surface area contributed by atoms with E-state index in [1.54, 1.807) is 13.0 Å². The average molecular weight is 232 g/mol. The van der Waals surface area contributed by atoms with E-state index in [1.807, 2.05) is 24.3 Å². The standard InChI is InChI=1S/C14H16O3/c1-3-11-5-7-12(8-6-11)9-10-13(15)14(16)17-4-2/h5-10H,3-4H2,1-2H3/b10-9+. The maximum Gasteiger partial charge on any atom is 0.379 e. The lowest BCUT2D eigenvalue weighted by atomic mass is 10.1. The average Bonchev–Trinajstić information content (AvgIpc) is 2.36. The van der Waals surface area contributed by atoms with Crippen molar-refractivity contribution < 1.29 is 14.3 Å². The number of ketones is 1. The van der Waals surface area contributed by atoms with Crippen LogP contribution in [0.3, 0.4) is 0 Å². The number of ether oxygens (including phenoxy) is 1. The summed E-state index contributed by atoms with van der Waals surface area (Å²) in [7, 11) is 0. The van der Waals surface area contributed by atoms with Crippen LogP contribution in [0.15, 0.2) is 30.3 Å². The Balaban J connectivity index is 2.63. The molecule has 1 rings (SSSR count). The number of carbonyl (C=O) groups is 2. The molecule has 0 fully saturated rings. The van der Waals surface area contributed by atoms with Crippen LogP contribution in [-0.4, -0.2) is 18.4 Å². The van der Waals surface area contributed by atoms with E-state index in [0.29, 0.717) is 0 Å². The van der Waals surface area contributed by atoms with Crippen molar-refractivity contribution in [3.63, 3.8) is 0 Å². The van der Waals surface area contributed by atoms with E-state index < -0.39 is 11.8 Å². The van der Waals surface area contributed by atoms with E-state index >= 15 is 0 Å². The predicted octanol–water partition coefficient (Wildman–Crippen LogP) is 2.39. The molecule has 1 aromatic carbocycles. The quantitative estimate of drug-likeness (QED) is 0.445. The Morgan fingerprint density at radius 2 is 1.82 bits per heavy atom. The van der Waals surface area contributed by atoms with Crippen LogP contribution in [-0.2, 0) is 20.7 Å². The first-order valence-electron chi connectivity index (χ1n) is 5.65. The van der Waals surface area contributed by atoms with Gasteiger partial charge >= 0.3 is 5.97 Å². The van der Waals surface area contributed by atoms with Gasteiger partial charge < -0.3 is 4.74 Å². The Hall–Kier alpha value is -1.90. The number of aryl methyl sites for hydroxylation is 1. The highest BCUT2D eigenvalue weighted by Crippen LogP contribution is 2.06. The minimum Gasteiger partial charge on any atom is -0.460 e. The van der Waals surface area contributed by atoms with Crippen molar-refractivity contribution >= 4 is 17.8 Å². The lowest BCUT2D eigenvalue weighted by Crippen LogP contribution is -2.14. The summed E-state index contributed by atoms with van der Waals surface area (Å²) in [6.45, 7) is 3.96. The molecular formula is C14H16O3. The molecule has 3 nitrogen and oxygen atoms in total. The van der Waals surface area contributed by atoms with Crippen LogP contribution < -0.4 is 0 Å². The summed E-state index contributed by atoms with van der Waals surface area (Å²) in [5.74, 6) is -1.44. The first-order valence-corrected chi connectivity index (χ1v) is 5.65. The molecule has 0 aromatic heterocycles. The van der Waals surface area contributed by atoms with Crippen molar-refractivity contribution in [3.8, 4) is 0 Å². The van der Waals surface area contributed by atoms with Crippen molar-refractivity contribution in [1.82, 2.24) is 0 Å². The maximum atomic E-state index is 11.3. The molecule has 0 heterocycles. The van der Waals surface area contributed by atoms with E-state index in [-0.39, 0.29) is 6.61 Å². The Morgan fingerprint density at radius 3 is 2.35 bits per heavy atom. The zero-order chi connectivity index (χ0) is 12.7. The molecule has 0 radical (unpaired) electrons. The summed E-state index contributed by atoms with van der Waals surface area (Å²) < 4.78 is 4.59. The van der Waals surface area contributed by atoms with Crippen LogP contribution in [0.1, 0.15) is 25.0 Å². The zero-order valence-electron chi connectivity index (χ0n) is 10.1. The number of esters is 1. The van der Waals surface area contributed by atoms with Crippen LogP contribution in [0, 0.1) is 0 Å². The summed E-state index contributed by atoms with van der Waals surface area (Å²) in [5, 5.41) is 0. The number of carbonyl (C=O) groups excluding carboxylic acids is 2. The lowest BCUT2D eigenvalue weighted by Gasteiger charge is -1.98. The van der Waals surface area contributed by atoms with Gasteiger partial charge in [0.2, 0.25) is 0 Å². The number of hydrogen-bond donors (Lipinski definition) is 0. The molecule has 0 N–H and O–H groups in total. The van der Waals surface area contributed by atoms with Gasteiger partial charge in [0, 0.05) is 0 Å². The highest BCUT2D eigenvalue weighted by atomic mass is 16.5. The molecule has 3 heteroatoms. The fraction of sp³-hybridized carbons (Fsp3) is 0.286. The summed E-state index contributed by atoms with van der Waals surface area (Å²) >= 11 is 0. The number of benzene rings is 1. The molecule has 0 aliphatic carbocycles. The second-order valence-electron chi connectivity index (χ2n) is 3.51. The second-order valence-corrected chi connectivity index (χ2v) is 3.51. The van der Waals surface area contributed by atoms with Gasteiger partial charge in [0.25, 0.3) is 5.78 Å². The molecule has 0 bridgehead atoms. The molecule has 0 amide bonds. The Bertz CT molecular complexity index is 416. The first kappa shape index (κ1) is 13.2. The summed E-state index contributed by atoms with van der Waals surface area (Å²) in [5.41, 5.74) is 2.12. The monoisotopic (exact) mass is 232 g/mol.